The maximum absolute atomic E-state index is 13.0. The Hall–Kier alpha value is -3.19. The third kappa shape index (κ3) is 4.86. The predicted octanol–water partition coefficient (Wildman–Crippen LogP) is 3.08. The van der Waals surface area contributed by atoms with Gasteiger partial charge in [-0.2, -0.15) is 5.10 Å². The number of amides is 1. The van der Waals surface area contributed by atoms with Gasteiger partial charge in [-0.05, 0) is 52.1 Å². The van der Waals surface area contributed by atoms with E-state index >= 15 is 0 Å². The van der Waals surface area contributed by atoms with E-state index in [-0.39, 0.29) is 17.2 Å². The fourth-order valence-corrected chi connectivity index (χ4v) is 3.55. The van der Waals surface area contributed by atoms with Crippen molar-refractivity contribution in [3.05, 3.63) is 81.4 Å². The van der Waals surface area contributed by atoms with Crippen molar-refractivity contribution in [3.63, 3.8) is 0 Å². The van der Waals surface area contributed by atoms with Gasteiger partial charge < -0.3 is 14.8 Å². The molecular formula is C23H29N5O2. The van der Waals surface area contributed by atoms with Crippen LogP contribution in [-0.4, -0.2) is 45.8 Å². The minimum atomic E-state index is -0.437. The van der Waals surface area contributed by atoms with Crippen molar-refractivity contribution < 1.29 is 4.79 Å². The maximum Gasteiger partial charge on any atom is 0.263 e. The van der Waals surface area contributed by atoms with Gasteiger partial charge in [-0.15, -0.1) is 0 Å². The van der Waals surface area contributed by atoms with Crippen molar-refractivity contribution in [1.82, 2.24) is 19.2 Å². The van der Waals surface area contributed by atoms with Crippen LogP contribution in [0.5, 0.6) is 0 Å². The Bertz CT molecular complexity index is 1080. The maximum atomic E-state index is 13.0. The second-order valence-corrected chi connectivity index (χ2v) is 7.97. The van der Waals surface area contributed by atoms with Gasteiger partial charge in [0.25, 0.3) is 11.5 Å². The molecule has 0 saturated heterocycles. The number of carbonyl (C=O) groups is 1. The van der Waals surface area contributed by atoms with Crippen LogP contribution in [0.3, 0.4) is 0 Å². The topological polar surface area (TPSA) is 72.2 Å². The van der Waals surface area contributed by atoms with Gasteiger partial charge in [0.05, 0.1) is 6.54 Å². The molecule has 0 bridgehead atoms. The second kappa shape index (κ2) is 9.09. The molecule has 1 aromatic carbocycles. The molecule has 0 aliphatic heterocycles. The Morgan fingerprint density at radius 1 is 1.17 bits per heavy atom. The van der Waals surface area contributed by atoms with E-state index < -0.39 is 5.91 Å². The summed E-state index contributed by atoms with van der Waals surface area (Å²) in [7, 11) is 3.91. The fraction of sp³-hybridized carbons (Fsp3) is 0.348. The second-order valence-electron chi connectivity index (χ2n) is 7.97. The number of likely N-dealkylation sites (N-methyl/N-ethyl adjacent to an activating group) is 1. The number of hydrogen-bond donors (Lipinski definition) is 1. The summed E-state index contributed by atoms with van der Waals surface area (Å²) >= 11 is 0. The highest BCUT2D eigenvalue weighted by Crippen LogP contribution is 2.14. The van der Waals surface area contributed by atoms with Crippen molar-refractivity contribution in [1.29, 1.82) is 0 Å². The Balaban J connectivity index is 1.83. The smallest absolute Gasteiger partial charge is 0.263 e. The molecule has 1 amide bonds. The fourth-order valence-electron chi connectivity index (χ4n) is 3.55. The van der Waals surface area contributed by atoms with Gasteiger partial charge in [0.1, 0.15) is 5.56 Å². The summed E-state index contributed by atoms with van der Waals surface area (Å²) in [6.45, 7) is 6.99. The molecule has 3 rings (SSSR count). The molecule has 0 aliphatic rings. The molecule has 158 valence electrons. The van der Waals surface area contributed by atoms with E-state index in [2.05, 4.69) is 10.4 Å². The van der Waals surface area contributed by atoms with Crippen LogP contribution in [0.4, 0.5) is 5.82 Å². The van der Waals surface area contributed by atoms with Crippen LogP contribution in [-0.2, 0) is 6.54 Å². The largest absolute Gasteiger partial charge is 0.311 e. The Kier molecular flexibility index (Phi) is 6.52. The average molecular weight is 408 g/mol. The molecule has 0 aliphatic carbocycles. The minimum Gasteiger partial charge on any atom is -0.311 e. The minimum absolute atomic E-state index is 0.0491. The lowest BCUT2D eigenvalue weighted by atomic mass is 10.1. The predicted molar refractivity (Wildman–Crippen MR) is 119 cm³/mol. The van der Waals surface area contributed by atoms with Gasteiger partial charge in [-0.3, -0.25) is 14.3 Å². The third-order valence-electron chi connectivity index (χ3n) is 5.06. The zero-order chi connectivity index (χ0) is 21.8. The standard InChI is InChI=1S/C23H29N5O2/c1-16-11-12-27(18(3)14-26(4)5)23(30)21(16)22(29)24-20-13-17(2)28(25-20)15-19-9-7-6-8-10-19/h6-13,18H,14-15H2,1-5H3,(H,24,25,29). The molecular weight excluding hydrogens is 378 g/mol. The molecule has 30 heavy (non-hydrogen) atoms. The molecule has 0 radical (unpaired) electrons. The Morgan fingerprint density at radius 2 is 1.87 bits per heavy atom. The first-order valence-electron chi connectivity index (χ1n) is 10.0. The molecule has 0 fully saturated rings. The number of hydrogen-bond acceptors (Lipinski definition) is 4. The highest BCUT2D eigenvalue weighted by atomic mass is 16.2. The number of pyridine rings is 1. The number of nitrogens with one attached hydrogen (secondary N) is 1. The molecule has 7 nitrogen and oxygen atoms in total. The van der Waals surface area contributed by atoms with Gasteiger partial charge in [0, 0.05) is 30.5 Å². The summed E-state index contributed by atoms with van der Waals surface area (Å²) < 4.78 is 3.45. The molecule has 1 atom stereocenters. The lowest BCUT2D eigenvalue weighted by molar-refractivity contribution is 0.102. The first kappa shape index (κ1) is 21.5. The van der Waals surface area contributed by atoms with E-state index in [0.717, 1.165) is 11.3 Å². The molecule has 1 unspecified atom stereocenters. The average Bonchev–Trinajstić information content (AvgIpc) is 3.00. The number of carbonyl (C=O) groups excluding carboxylic acids is 1. The van der Waals surface area contributed by atoms with Gasteiger partial charge >= 0.3 is 0 Å². The number of benzene rings is 1. The van der Waals surface area contributed by atoms with Crippen LogP contribution >= 0.6 is 0 Å². The summed E-state index contributed by atoms with van der Waals surface area (Å²) in [5.41, 5.74) is 2.56. The van der Waals surface area contributed by atoms with Gasteiger partial charge in [-0.1, -0.05) is 30.3 Å². The van der Waals surface area contributed by atoms with E-state index in [1.54, 1.807) is 17.7 Å². The van der Waals surface area contributed by atoms with Gasteiger partial charge in [0.2, 0.25) is 0 Å². The van der Waals surface area contributed by atoms with E-state index in [1.165, 1.54) is 0 Å². The SMILES string of the molecule is Cc1ccn(C(C)CN(C)C)c(=O)c1C(=O)Nc1cc(C)n(Cc2ccccc2)n1. The van der Waals surface area contributed by atoms with Crippen molar-refractivity contribution in [2.75, 3.05) is 26.0 Å². The third-order valence-corrected chi connectivity index (χ3v) is 5.06. The van der Waals surface area contributed by atoms with E-state index in [4.69, 9.17) is 0 Å². The highest BCUT2D eigenvalue weighted by Gasteiger charge is 2.19. The quantitative estimate of drug-likeness (QED) is 0.653. The summed E-state index contributed by atoms with van der Waals surface area (Å²) in [5, 5.41) is 7.30. The van der Waals surface area contributed by atoms with Crippen LogP contribution in [0.15, 0.2) is 53.5 Å². The van der Waals surface area contributed by atoms with Crippen LogP contribution in [0, 0.1) is 13.8 Å². The summed E-state index contributed by atoms with van der Waals surface area (Å²) in [4.78, 5) is 28.0. The molecule has 0 saturated carbocycles. The summed E-state index contributed by atoms with van der Waals surface area (Å²) in [6, 6.07) is 13.6. The van der Waals surface area contributed by atoms with Gasteiger partial charge in [-0.25, -0.2) is 0 Å². The van der Waals surface area contributed by atoms with E-state index in [0.29, 0.717) is 24.5 Å². The number of nitrogens with zero attached hydrogens (tertiary/aromatic N) is 4. The zero-order valence-corrected chi connectivity index (χ0v) is 18.2. The first-order valence-corrected chi connectivity index (χ1v) is 10.0. The molecule has 0 spiro atoms. The van der Waals surface area contributed by atoms with Crippen LogP contribution in [0.2, 0.25) is 0 Å². The zero-order valence-electron chi connectivity index (χ0n) is 18.2. The molecule has 2 heterocycles. The first-order chi connectivity index (χ1) is 14.3. The number of aryl methyl sites for hydroxylation is 2. The van der Waals surface area contributed by atoms with Crippen molar-refractivity contribution in [2.45, 2.75) is 33.4 Å². The van der Waals surface area contributed by atoms with Crippen LogP contribution in [0.1, 0.15) is 40.1 Å². The molecule has 3 aromatic rings. The summed E-state index contributed by atoms with van der Waals surface area (Å²) in [6.07, 6.45) is 1.75. The van der Waals surface area contributed by atoms with Gasteiger partial charge in [0.15, 0.2) is 5.82 Å². The van der Waals surface area contributed by atoms with E-state index in [1.807, 2.05) is 80.0 Å². The summed E-state index contributed by atoms with van der Waals surface area (Å²) in [5.74, 6) is -0.00256. The number of anilines is 1. The van der Waals surface area contributed by atoms with Crippen molar-refractivity contribution in [2.24, 2.45) is 0 Å². The normalized spacial score (nSPS) is 12.2. The lowest BCUT2D eigenvalue weighted by Gasteiger charge is -2.20. The lowest BCUT2D eigenvalue weighted by Crippen LogP contribution is -2.34. The van der Waals surface area contributed by atoms with Crippen LogP contribution in [0.25, 0.3) is 0 Å². The Morgan fingerprint density at radius 3 is 2.53 bits per heavy atom. The monoisotopic (exact) mass is 407 g/mol. The molecule has 7 heteroatoms. The van der Waals surface area contributed by atoms with Crippen molar-refractivity contribution >= 4 is 11.7 Å². The molecule has 2 aromatic heterocycles. The Labute approximate surface area is 176 Å². The number of rotatable bonds is 7. The van der Waals surface area contributed by atoms with Crippen LogP contribution < -0.4 is 10.9 Å². The molecule has 1 N–H and O–H groups in total. The highest BCUT2D eigenvalue weighted by molar-refractivity contribution is 6.04. The van der Waals surface area contributed by atoms with E-state index in [9.17, 15) is 9.59 Å². The van der Waals surface area contributed by atoms with Crippen molar-refractivity contribution in [3.8, 4) is 0 Å². The number of aromatic nitrogens is 3.